The molecular formula is C19H23N3O6. The molecule has 1 heterocycles. The van der Waals surface area contributed by atoms with Crippen LogP contribution < -0.4 is 15.4 Å². The Morgan fingerprint density at radius 1 is 1.29 bits per heavy atom. The van der Waals surface area contributed by atoms with Crippen molar-refractivity contribution in [3.63, 3.8) is 0 Å². The van der Waals surface area contributed by atoms with Crippen LogP contribution in [0.4, 0.5) is 4.79 Å². The number of carbonyl (C=O) groups excluding carboxylic acids is 4. The summed E-state index contributed by atoms with van der Waals surface area (Å²) in [6.07, 6.45) is 1.74. The number of benzene rings is 1. The number of hydrogen-bond acceptors (Lipinski definition) is 6. The number of methoxy groups -OCH3 is 1. The third kappa shape index (κ3) is 4.08. The largest absolute Gasteiger partial charge is 0.496 e. The predicted molar refractivity (Wildman–Crippen MR) is 97.2 cm³/mol. The normalized spacial score (nSPS) is 21.3. The highest BCUT2D eigenvalue weighted by Gasteiger charge is 2.56. The van der Waals surface area contributed by atoms with Crippen LogP contribution in [0.3, 0.4) is 0 Å². The molecule has 2 fully saturated rings. The molecule has 0 spiro atoms. The van der Waals surface area contributed by atoms with E-state index >= 15 is 0 Å². The number of nitrogens with zero attached hydrogens (tertiary/aromatic N) is 1. The van der Waals surface area contributed by atoms with Gasteiger partial charge in [0.15, 0.2) is 6.61 Å². The molecule has 2 N–H and O–H groups in total. The van der Waals surface area contributed by atoms with E-state index in [4.69, 9.17) is 9.47 Å². The molecule has 0 unspecified atom stereocenters. The summed E-state index contributed by atoms with van der Waals surface area (Å²) in [6.45, 7) is 0.860. The van der Waals surface area contributed by atoms with Gasteiger partial charge < -0.3 is 20.1 Å². The molecule has 9 nitrogen and oxygen atoms in total. The molecule has 1 aromatic rings. The molecule has 2 aliphatic rings. The number of hydrogen-bond donors (Lipinski definition) is 2. The highest BCUT2D eigenvalue weighted by atomic mass is 16.5. The van der Waals surface area contributed by atoms with E-state index in [0.717, 1.165) is 23.3 Å². The molecule has 3 rings (SSSR count). The maximum absolute atomic E-state index is 12.5. The number of rotatable bonds is 8. The zero-order valence-electron chi connectivity index (χ0n) is 15.8. The van der Waals surface area contributed by atoms with Crippen molar-refractivity contribution >= 4 is 23.8 Å². The molecule has 1 aromatic carbocycles. The maximum Gasteiger partial charge on any atom is 0.326 e. The molecule has 0 bridgehead atoms. The van der Waals surface area contributed by atoms with Gasteiger partial charge in [0.1, 0.15) is 17.8 Å². The van der Waals surface area contributed by atoms with Crippen LogP contribution in [0.2, 0.25) is 0 Å². The molecule has 9 heteroatoms. The first kappa shape index (κ1) is 19.7. The fraction of sp³-hybridized carbons (Fsp3) is 0.474. The first-order valence-electron chi connectivity index (χ1n) is 9.03. The van der Waals surface area contributed by atoms with E-state index in [-0.39, 0.29) is 12.5 Å². The summed E-state index contributed by atoms with van der Waals surface area (Å²) in [5.41, 5.74) is -0.174. The number of ether oxygens (including phenoxy) is 2. The average molecular weight is 389 g/mol. The SMILES string of the molecule is COc1ccccc1CNC(=O)COC(=O)CN1C(=O)N[C@](C)(C2CC2)C1=O. The van der Waals surface area contributed by atoms with Crippen molar-refractivity contribution in [2.24, 2.45) is 5.92 Å². The number of esters is 1. The van der Waals surface area contributed by atoms with E-state index in [1.807, 2.05) is 12.1 Å². The Bertz CT molecular complexity index is 807. The van der Waals surface area contributed by atoms with E-state index in [1.165, 1.54) is 7.11 Å². The van der Waals surface area contributed by atoms with Crippen molar-refractivity contribution in [2.45, 2.75) is 31.8 Å². The Hall–Kier alpha value is -3.10. The number of nitrogens with one attached hydrogen (secondary N) is 2. The van der Waals surface area contributed by atoms with E-state index in [9.17, 15) is 19.2 Å². The van der Waals surface area contributed by atoms with Gasteiger partial charge in [0.05, 0.1) is 7.11 Å². The number of urea groups is 1. The van der Waals surface area contributed by atoms with Gasteiger partial charge in [-0.1, -0.05) is 18.2 Å². The summed E-state index contributed by atoms with van der Waals surface area (Å²) in [7, 11) is 1.53. The molecule has 1 atom stereocenters. The summed E-state index contributed by atoms with van der Waals surface area (Å²) in [6, 6.07) is 6.60. The molecular weight excluding hydrogens is 366 g/mol. The van der Waals surface area contributed by atoms with Gasteiger partial charge in [-0.15, -0.1) is 0 Å². The fourth-order valence-corrected chi connectivity index (χ4v) is 3.21. The third-order valence-corrected chi connectivity index (χ3v) is 5.02. The fourth-order valence-electron chi connectivity index (χ4n) is 3.21. The third-order valence-electron chi connectivity index (χ3n) is 5.02. The van der Waals surface area contributed by atoms with Crippen LogP contribution in [0, 0.1) is 5.92 Å². The number of imide groups is 1. The van der Waals surface area contributed by atoms with Crippen LogP contribution in [0.15, 0.2) is 24.3 Å². The molecule has 0 radical (unpaired) electrons. The summed E-state index contributed by atoms with van der Waals surface area (Å²) in [4.78, 5) is 49.2. The summed E-state index contributed by atoms with van der Waals surface area (Å²) < 4.78 is 10.1. The smallest absolute Gasteiger partial charge is 0.326 e. The van der Waals surface area contributed by atoms with Crippen molar-refractivity contribution in [2.75, 3.05) is 20.3 Å². The maximum atomic E-state index is 12.5. The highest BCUT2D eigenvalue weighted by Crippen LogP contribution is 2.42. The van der Waals surface area contributed by atoms with Crippen molar-refractivity contribution in [3.8, 4) is 5.75 Å². The second-order valence-corrected chi connectivity index (χ2v) is 7.05. The van der Waals surface area contributed by atoms with E-state index < -0.39 is 42.5 Å². The summed E-state index contributed by atoms with van der Waals surface area (Å²) >= 11 is 0. The Kier molecular flexibility index (Phi) is 5.53. The van der Waals surface area contributed by atoms with Gasteiger partial charge in [-0.3, -0.25) is 19.3 Å². The van der Waals surface area contributed by atoms with Gasteiger partial charge in [0.25, 0.3) is 11.8 Å². The van der Waals surface area contributed by atoms with Crippen LogP contribution >= 0.6 is 0 Å². The lowest BCUT2D eigenvalue weighted by Gasteiger charge is -2.20. The first-order chi connectivity index (χ1) is 13.3. The monoisotopic (exact) mass is 389 g/mol. The summed E-state index contributed by atoms with van der Waals surface area (Å²) in [5.74, 6) is -1.02. The van der Waals surface area contributed by atoms with E-state index in [1.54, 1.807) is 19.1 Å². The molecule has 1 aliphatic heterocycles. The van der Waals surface area contributed by atoms with Gasteiger partial charge in [0, 0.05) is 12.1 Å². The lowest BCUT2D eigenvalue weighted by Crippen LogP contribution is -2.46. The number of amides is 4. The van der Waals surface area contributed by atoms with Crippen LogP contribution in [0.25, 0.3) is 0 Å². The predicted octanol–water partition coefficient (Wildman–Crippen LogP) is 0.575. The minimum Gasteiger partial charge on any atom is -0.496 e. The number of para-hydroxylation sites is 1. The van der Waals surface area contributed by atoms with Crippen LogP contribution in [-0.2, 0) is 25.7 Å². The molecule has 1 saturated carbocycles. The zero-order valence-corrected chi connectivity index (χ0v) is 15.8. The molecule has 1 aliphatic carbocycles. The van der Waals surface area contributed by atoms with Gasteiger partial charge in [-0.05, 0) is 31.7 Å². The first-order valence-corrected chi connectivity index (χ1v) is 9.03. The van der Waals surface area contributed by atoms with Crippen molar-refractivity contribution in [1.82, 2.24) is 15.5 Å². The average Bonchev–Trinajstić information content (AvgIpc) is 3.51. The summed E-state index contributed by atoms with van der Waals surface area (Å²) in [5, 5.41) is 5.27. The van der Waals surface area contributed by atoms with Crippen molar-refractivity contribution < 1.29 is 28.7 Å². The lowest BCUT2D eigenvalue weighted by atomic mass is 9.96. The van der Waals surface area contributed by atoms with Gasteiger partial charge in [-0.25, -0.2) is 4.79 Å². The van der Waals surface area contributed by atoms with Crippen LogP contribution in [0.5, 0.6) is 5.75 Å². The van der Waals surface area contributed by atoms with Gasteiger partial charge in [0.2, 0.25) is 0 Å². The van der Waals surface area contributed by atoms with Gasteiger partial charge >= 0.3 is 12.0 Å². The Morgan fingerprint density at radius 3 is 2.68 bits per heavy atom. The minimum atomic E-state index is -0.955. The van der Waals surface area contributed by atoms with Crippen molar-refractivity contribution in [1.29, 1.82) is 0 Å². The molecule has 0 aromatic heterocycles. The lowest BCUT2D eigenvalue weighted by molar-refractivity contribution is -0.151. The zero-order chi connectivity index (χ0) is 20.3. The second-order valence-electron chi connectivity index (χ2n) is 7.05. The second kappa shape index (κ2) is 7.87. The van der Waals surface area contributed by atoms with Gasteiger partial charge in [-0.2, -0.15) is 0 Å². The molecule has 1 saturated heterocycles. The van der Waals surface area contributed by atoms with E-state index in [0.29, 0.717) is 5.75 Å². The Labute approximate surface area is 162 Å². The Morgan fingerprint density at radius 2 is 2.00 bits per heavy atom. The Balaban J connectivity index is 1.44. The standard InChI is InChI=1S/C19H23N3O6/c1-19(13-7-8-13)17(25)22(18(26)21-19)10-16(24)28-11-15(23)20-9-12-5-3-4-6-14(12)27-2/h3-6,13H,7-11H2,1-2H3,(H,20,23)(H,21,26)/t19-/m1/s1. The molecule has 28 heavy (non-hydrogen) atoms. The topological polar surface area (TPSA) is 114 Å². The number of carbonyl (C=O) groups is 4. The highest BCUT2D eigenvalue weighted by molar-refractivity contribution is 6.08. The van der Waals surface area contributed by atoms with Crippen LogP contribution in [-0.4, -0.2) is 54.5 Å². The minimum absolute atomic E-state index is 0.103. The van der Waals surface area contributed by atoms with Crippen molar-refractivity contribution in [3.05, 3.63) is 29.8 Å². The molecule has 150 valence electrons. The molecule has 4 amide bonds. The van der Waals surface area contributed by atoms with E-state index in [2.05, 4.69) is 10.6 Å². The van der Waals surface area contributed by atoms with Crippen LogP contribution in [0.1, 0.15) is 25.3 Å². The quantitative estimate of drug-likeness (QED) is 0.496.